The zero-order valence-electron chi connectivity index (χ0n) is 16.3. The Morgan fingerprint density at radius 1 is 1.13 bits per heavy atom. The Balaban J connectivity index is 1.64. The lowest BCUT2D eigenvalue weighted by atomic mass is 10.2. The molecule has 0 aromatic heterocycles. The van der Waals surface area contributed by atoms with E-state index in [4.69, 9.17) is 9.47 Å². The summed E-state index contributed by atoms with van der Waals surface area (Å²) in [4.78, 5) is 23.2. The maximum Gasteiger partial charge on any atom is 0.331 e. The van der Waals surface area contributed by atoms with E-state index in [2.05, 4.69) is 20.3 Å². The zero-order valence-corrected chi connectivity index (χ0v) is 17.1. The maximum atomic E-state index is 11.8. The summed E-state index contributed by atoms with van der Waals surface area (Å²) in [5.74, 6) is 0.135. The van der Waals surface area contributed by atoms with Gasteiger partial charge in [-0.3, -0.25) is 10.1 Å². The molecule has 2 aromatic carbocycles. The molecule has 1 saturated heterocycles. The summed E-state index contributed by atoms with van der Waals surface area (Å²) >= 11 is 1.00. The molecule has 0 unspecified atom stereocenters. The van der Waals surface area contributed by atoms with E-state index in [0.29, 0.717) is 18.1 Å². The Bertz CT molecular complexity index is 1020. The molecule has 1 heterocycles. The first kappa shape index (κ1) is 21.1. The average molecular weight is 425 g/mol. The van der Waals surface area contributed by atoms with Gasteiger partial charge in [0.05, 0.1) is 25.3 Å². The number of rotatable bonds is 7. The molecule has 0 spiro atoms. The number of amides is 1. The fraction of sp³-hybridized carbons (Fsp3) is 0.143. The molecule has 0 atom stereocenters. The molecule has 0 aliphatic carbocycles. The maximum absolute atomic E-state index is 11.8. The van der Waals surface area contributed by atoms with Gasteiger partial charge in [-0.05, 0) is 41.1 Å². The van der Waals surface area contributed by atoms with Crippen molar-refractivity contribution in [3.8, 4) is 11.5 Å². The lowest BCUT2D eigenvalue weighted by Crippen LogP contribution is -2.19. The monoisotopic (exact) mass is 425 g/mol. The molecule has 0 saturated carbocycles. The quantitative estimate of drug-likeness (QED) is 0.317. The first-order valence-electron chi connectivity index (χ1n) is 8.83. The lowest BCUT2D eigenvalue weighted by molar-refractivity contribution is -0.135. The van der Waals surface area contributed by atoms with E-state index in [0.717, 1.165) is 29.0 Å². The van der Waals surface area contributed by atoms with Crippen molar-refractivity contribution in [3.63, 3.8) is 0 Å². The minimum Gasteiger partial charge on any atom is -0.493 e. The number of carbonyl (C=O) groups is 2. The second kappa shape index (κ2) is 10.3. The first-order valence-corrected chi connectivity index (χ1v) is 9.65. The summed E-state index contributed by atoms with van der Waals surface area (Å²) in [6.45, 7) is 0.427. The van der Waals surface area contributed by atoms with Crippen molar-refractivity contribution in [3.05, 3.63) is 70.6 Å². The van der Waals surface area contributed by atoms with Gasteiger partial charge in [-0.15, -0.1) is 5.10 Å². The van der Waals surface area contributed by atoms with Gasteiger partial charge in [0.1, 0.15) is 6.61 Å². The molecule has 1 fully saturated rings. The van der Waals surface area contributed by atoms with Crippen LogP contribution in [0.4, 0.5) is 0 Å². The van der Waals surface area contributed by atoms with Crippen LogP contribution in [0, 0.1) is 0 Å². The van der Waals surface area contributed by atoms with Gasteiger partial charge in [-0.1, -0.05) is 30.3 Å². The van der Waals surface area contributed by atoms with E-state index in [1.54, 1.807) is 19.2 Å². The first-order chi connectivity index (χ1) is 14.6. The van der Waals surface area contributed by atoms with Crippen LogP contribution < -0.4 is 14.8 Å². The number of amidine groups is 1. The Hall–Kier alpha value is -3.59. The Labute approximate surface area is 177 Å². The van der Waals surface area contributed by atoms with Gasteiger partial charge < -0.3 is 14.2 Å². The zero-order chi connectivity index (χ0) is 21.3. The van der Waals surface area contributed by atoms with Crippen LogP contribution in [0.5, 0.6) is 11.5 Å². The predicted molar refractivity (Wildman–Crippen MR) is 115 cm³/mol. The molecule has 30 heavy (non-hydrogen) atoms. The van der Waals surface area contributed by atoms with Crippen molar-refractivity contribution in [2.45, 2.75) is 6.61 Å². The molecular weight excluding hydrogens is 406 g/mol. The van der Waals surface area contributed by atoms with Crippen LogP contribution in [0.3, 0.4) is 0 Å². The van der Waals surface area contributed by atoms with Gasteiger partial charge in [0.15, 0.2) is 16.7 Å². The summed E-state index contributed by atoms with van der Waals surface area (Å²) < 4.78 is 15.7. The number of nitrogens with one attached hydrogen (secondary N) is 1. The highest BCUT2D eigenvalue weighted by Gasteiger charge is 2.25. The van der Waals surface area contributed by atoms with Crippen LogP contribution >= 0.6 is 11.8 Å². The average Bonchev–Trinajstić information content (AvgIpc) is 3.12. The fourth-order valence-corrected chi connectivity index (χ4v) is 3.15. The van der Waals surface area contributed by atoms with Crippen molar-refractivity contribution < 1.29 is 23.8 Å². The van der Waals surface area contributed by atoms with Gasteiger partial charge in [-0.2, -0.15) is 5.10 Å². The Morgan fingerprint density at radius 2 is 1.93 bits per heavy atom. The topological polar surface area (TPSA) is 98.6 Å². The van der Waals surface area contributed by atoms with Crippen molar-refractivity contribution >= 4 is 35.0 Å². The molecule has 1 amide bonds. The largest absolute Gasteiger partial charge is 0.493 e. The third kappa shape index (κ3) is 5.71. The van der Waals surface area contributed by atoms with Crippen molar-refractivity contribution in [2.24, 2.45) is 10.2 Å². The lowest BCUT2D eigenvalue weighted by Gasteiger charge is -2.11. The molecule has 154 valence electrons. The molecular formula is C21H19N3O5S. The summed E-state index contributed by atoms with van der Waals surface area (Å²) in [7, 11) is 2.80. The molecule has 3 rings (SSSR count). The van der Waals surface area contributed by atoms with E-state index < -0.39 is 11.9 Å². The number of carbonyl (C=O) groups excluding carboxylic acids is 2. The van der Waals surface area contributed by atoms with Crippen LogP contribution in [0.25, 0.3) is 0 Å². The summed E-state index contributed by atoms with van der Waals surface area (Å²) in [5.41, 5.74) is 1.79. The number of thioether (sulfide) groups is 1. The van der Waals surface area contributed by atoms with E-state index in [1.807, 2.05) is 36.4 Å². The highest BCUT2D eigenvalue weighted by Crippen LogP contribution is 2.28. The summed E-state index contributed by atoms with van der Waals surface area (Å²) in [5, 5.41) is 10.7. The number of methoxy groups -OCH3 is 2. The van der Waals surface area contributed by atoms with Gasteiger partial charge >= 0.3 is 5.97 Å². The minimum absolute atomic E-state index is 0.192. The summed E-state index contributed by atoms with van der Waals surface area (Å²) in [6, 6.07) is 15.2. The minimum atomic E-state index is -0.612. The molecule has 0 bridgehead atoms. The van der Waals surface area contributed by atoms with Crippen LogP contribution in [-0.2, 0) is 20.9 Å². The SMILES string of the molecule is COC(=O)/C=C1/S/C(=N\N=Cc2ccc(OCc3ccccc3)c(OC)c2)NC1=O. The van der Waals surface area contributed by atoms with Gasteiger partial charge in [-0.25, -0.2) is 4.79 Å². The van der Waals surface area contributed by atoms with Gasteiger partial charge in [0.25, 0.3) is 5.91 Å². The molecule has 2 aromatic rings. The molecule has 1 aliphatic heterocycles. The van der Waals surface area contributed by atoms with E-state index in [9.17, 15) is 9.59 Å². The highest BCUT2D eigenvalue weighted by atomic mass is 32.2. The smallest absolute Gasteiger partial charge is 0.331 e. The van der Waals surface area contributed by atoms with E-state index >= 15 is 0 Å². The van der Waals surface area contributed by atoms with Crippen molar-refractivity contribution in [2.75, 3.05) is 14.2 Å². The third-order valence-electron chi connectivity index (χ3n) is 3.88. The number of hydrogen-bond acceptors (Lipinski definition) is 8. The van der Waals surface area contributed by atoms with Crippen molar-refractivity contribution in [1.29, 1.82) is 0 Å². The number of benzene rings is 2. The molecule has 9 heteroatoms. The standard InChI is InChI=1S/C21H19N3O5S/c1-27-17-10-15(8-9-16(17)29-13-14-6-4-3-5-7-14)12-22-24-21-23-20(26)18(30-21)11-19(25)28-2/h3-12H,13H2,1-2H3,(H,23,24,26)/b18-11+,22-12?. The number of nitrogens with zero attached hydrogens (tertiary/aromatic N) is 2. The number of hydrogen-bond donors (Lipinski definition) is 1. The molecule has 0 radical (unpaired) electrons. The van der Waals surface area contributed by atoms with Crippen LogP contribution in [0.15, 0.2) is 69.7 Å². The molecule has 1 aliphatic rings. The fourth-order valence-electron chi connectivity index (χ4n) is 2.41. The number of ether oxygens (including phenoxy) is 3. The molecule has 8 nitrogen and oxygen atoms in total. The van der Waals surface area contributed by atoms with Gasteiger partial charge in [0.2, 0.25) is 0 Å². The second-order valence-electron chi connectivity index (χ2n) is 5.92. The Kier molecular flexibility index (Phi) is 7.23. The normalized spacial score (nSPS) is 16.1. The summed E-state index contributed by atoms with van der Waals surface area (Å²) in [6.07, 6.45) is 2.62. The van der Waals surface area contributed by atoms with Crippen LogP contribution in [-0.4, -0.2) is 37.5 Å². The molecule has 1 N–H and O–H groups in total. The van der Waals surface area contributed by atoms with Crippen molar-refractivity contribution in [1.82, 2.24) is 5.32 Å². The Morgan fingerprint density at radius 3 is 2.67 bits per heavy atom. The van der Waals surface area contributed by atoms with E-state index in [-0.39, 0.29) is 10.1 Å². The third-order valence-corrected chi connectivity index (χ3v) is 4.78. The predicted octanol–water partition coefficient (Wildman–Crippen LogP) is 2.88. The van der Waals surface area contributed by atoms with Crippen LogP contribution in [0.1, 0.15) is 11.1 Å². The van der Waals surface area contributed by atoms with E-state index in [1.165, 1.54) is 13.3 Å². The number of esters is 1. The second-order valence-corrected chi connectivity index (χ2v) is 6.95. The highest BCUT2D eigenvalue weighted by molar-refractivity contribution is 8.18. The van der Waals surface area contributed by atoms with Crippen LogP contribution in [0.2, 0.25) is 0 Å². The van der Waals surface area contributed by atoms with Gasteiger partial charge in [0, 0.05) is 6.08 Å².